The van der Waals surface area contributed by atoms with Crippen molar-refractivity contribution in [2.75, 3.05) is 99.7 Å². The zero-order chi connectivity index (χ0) is 15.5. The average Bonchev–Trinajstić information content (AvgIpc) is 2.53. The minimum Gasteiger partial charge on any atom is -0.304 e. The Bertz CT molecular complexity index is 281. The number of rotatable bonds is 3. The molecular weight excluding hydrogens is 295 g/mol. The molecule has 0 amide bonds. The Morgan fingerprint density at radius 3 is 0.864 bits per heavy atom. The maximum Gasteiger partial charge on any atom is 0.120 e. The minimum absolute atomic E-state index is 0.252. The summed E-state index contributed by atoms with van der Waals surface area (Å²) >= 11 is 0. The van der Waals surface area contributed by atoms with Crippen LogP contribution in [0.3, 0.4) is 0 Å². The molecule has 0 N–H and O–H groups in total. The Balaban J connectivity index is 1.67. The molecule has 0 unspecified atom stereocenters. The molecule has 0 aromatic rings. The van der Waals surface area contributed by atoms with E-state index in [0.29, 0.717) is 0 Å². The van der Waals surface area contributed by atoms with E-state index < -0.39 is 0 Å². The van der Waals surface area contributed by atoms with Gasteiger partial charge in [-0.2, -0.15) is 0 Å². The standard InChI is InChI=1S/C15H33N6P/c1-16-4-10-19(11-5-16)22(20-12-6-17(2)7-13-20)21-14-8-18(3)9-15-21/h4-15H2,1-3H3. The Morgan fingerprint density at radius 2 is 0.636 bits per heavy atom. The largest absolute Gasteiger partial charge is 0.304 e. The lowest BCUT2D eigenvalue weighted by Crippen LogP contribution is -2.53. The van der Waals surface area contributed by atoms with E-state index in [-0.39, 0.29) is 8.37 Å². The Kier molecular flexibility index (Phi) is 6.07. The fourth-order valence-electron chi connectivity index (χ4n) is 3.46. The molecule has 6 nitrogen and oxygen atoms in total. The quantitative estimate of drug-likeness (QED) is 0.672. The molecule has 3 heterocycles. The average molecular weight is 328 g/mol. The highest BCUT2D eigenvalue weighted by atomic mass is 31.2. The smallest absolute Gasteiger partial charge is 0.120 e. The summed E-state index contributed by atoms with van der Waals surface area (Å²) in [6.45, 7) is 14.8. The molecule has 3 fully saturated rings. The van der Waals surface area contributed by atoms with Gasteiger partial charge in [0.25, 0.3) is 0 Å². The van der Waals surface area contributed by atoms with Crippen LogP contribution in [-0.2, 0) is 0 Å². The highest BCUT2D eigenvalue weighted by molar-refractivity contribution is 7.50. The molecule has 0 atom stereocenters. The van der Waals surface area contributed by atoms with Gasteiger partial charge in [-0.25, -0.2) is 0 Å². The van der Waals surface area contributed by atoms with Gasteiger partial charge in [0, 0.05) is 78.5 Å². The van der Waals surface area contributed by atoms with E-state index in [4.69, 9.17) is 0 Å². The van der Waals surface area contributed by atoms with E-state index in [0.717, 1.165) is 0 Å². The van der Waals surface area contributed by atoms with Crippen LogP contribution in [0.15, 0.2) is 0 Å². The normalized spacial score (nSPS) is 29.5. The molecule has 3 aliphatic heterocycles. The highest BCUT2D eigenvalue weighted by Gasteiger charge is 2.35. The Hall–Kier alpha value is 0.190. The zero-order valence-corrected chi connectivity index (χ0v) is 15.5. The van der Waals surface area contributed by atoms with Crippen LogP contribution in [0.1, 0.15) is 0 Å². The summed E-state index contributed by atoms with van der Waals surface area (Å²) in [5.41, 5.74) is 0. The third-order valence-electron chi connectivity index (χ3n) is 5.20. The summed E-state index contributed by atoms with van der Waals surface area (Å²) in [6.07, 6.45) is 0. The van der Waals surface area contributed by atoms with E-state index in [1.807, 2.05) is 0 Å². The van der Waals surface area contributed by atoms with Crippen molar-refractivity contribution in [3.05, 3.63) is 0 Å². The van der Waals surface area contributed by atoms with Crippen LogP contribution in [0.2, 0.25) is 0 Å². The van der Waals surface area contributed by atoms with Gasteiger partial charge in [-0.05, 0) is 21.1 Å². The first-order chi connectivity index (χ1) is 10.6. The first-order valence-corrected chi connectivity index (χ1v) is 9.94. The van der Waals surface area contributed by atoms with Crippen LogP contribution < -0.4 is 0 Å². The van der Waals surface area contributed by atoms with E-state index in [9.17, 15) is 0 Å². The van der Waals surface area contributed by atoms with Crippen molar-refractivity contribution < 1.29 is 0 Å². The molecule has 22 heavy (non-hydrogen) atoms. The van der Waals surface area contributed by atoms with Gasteiger partial charge in [0.15, 0.2) is 0 Å². The lowest BCUT2D eigenvalue weighted by Gasteiger charge is -2.50. The van der Waals surface area contributed by atoms with E-state index in [1.165, 1.54) is 78.5 Å². The topological polar surface area (TPSA) is 19.4 Å². The summed E-state index contributed by atoms with van der Waals surface area (Å²) in [5.74, 6) is 0. The molecule has 0 aromatic carbocycles. The van der Waals surface area contributed by atoms with Gasteiger partial charge in [-0.1, -0.05) is 0 Å². The number of likely N-dealkylation sites (N-methyl/N-ethyl adjacent to an activating group) is 3. The van der Waals surface area contributed by atoms with Crippen LogP contribution in [0.4, 0.5) is 0 Å². The molecule has 0 radical (unpaired) electrons. The molecule has 0 saturated carbocycles. The molecule has 0 aromatic heterocycles. The monoisotopic (exact) mass is 328 g/mol. The van der Waals surface area contributed by atoms with Gasteiger partial charge in [-0.15, -0.1) is 0 Å². The lowest BCUT2D eigenvalue weighted by molar-refractivity contribution is 0.165. The molecule has 128 valence electrons. The number of hydrogen-bond acceptors (Lipinski definition) is 6. The maximum absolute atomic E-state index is 2.80. The SMILES string of the molecule is CN1CCN(P(N2CCN(C)CC2)N2CCN(C)CC2)CC1. The van der Waals surface area contributed by atoms with Crippen LogP contribution >= 0.6 is 8.37 Å². The fraction of sp³-hybridized carbons (Fsp3) is 1.00. The van der Waals surface area contributed by atoms with E-state index in [1.54, 1.807) is 0 Å². The summed E-state index contributed by atoms with van der Waals surface area (Å²) in [6, 6.07) is 0. The second-order valence-corrected chi connectivity index (χ2v) is 9.27. The van der Waals surface area contributed by atoms with Crippen LogP contribution in [0, 0.1) is 0 Å². The van der Waals surface area contributed by atoms with E-state index in [2.05, 4.69) is 49.9 Å². The third-order valence-corrected chi connectivity index (χ3v) is 7.92. The zero-order valence-electron chi connectivity index (χ0n) is 14.6. The molecular formula is C15H33N6P. The van der Waals surface area contributed by atoms with Gasteiger partial charge >= 0.3 is 0 Å². The number of piperazine rings is 3. The summed E-state index contributed by atoms with van der Waals surface area (Å²) in [5, 5.41) is 0. The van der Waals surface area contributed by atoms with Crippen LogP contribution in [-0.4, -0.2) is 128 Å². The van der Waals surface area contributed by atoms with Gasteiger partial charge in [-0.3, -0.25) is 14.0 Å². The summed E-state index contributed by atoms with van der Waals surface area (Å²) in [4.78, 5) is 7.41. The second-order valence-electron chi connectivity index (χ2n) is 7.04. The lowest BCUT2D eigenvalue weighted by atomic mass is 10.4. The van der Waals surface area contributed by atoms with Crippen molar-refractivity contribution in [3.63, 3.8) is 0 Å². The van der Waals surface area contributed by atoms with Gasteiger partial charge in [0.1, 0.15) is 8.37 Å². The van der Waals surface area contributed by atoms with Crippen molar-refractivity contribution in [1.29, 1.82) is 0 Å². The molecule has 3 aliphatic rings. The second kappa shape index (κ2) is 7.84. The van der Waals surface area contributed by atoms with Gasteiger partial charge in [0.2, 0.25) is 0 Å². The number of nitrogens with zero attached hydrogens (tertiary/aromatic N) is 6. The predicted molar refractivity (Wildman–Crippen MR) is 94.1 cm³/mol. The Morgan fingerprint density at radius 1 is 0.409 bits per heavy atom. The first kappa shape index (κ1) is 17.0. The molecule has 0 bridgehead atoms. The molecule has 0 spiro atoms. The Labute approximate surface area is 137 Å². The van der Waals surface area contributed by atoms with Gasteiger partial charge < -0.3 is 14.7 Å². The molecule has 7 heteroatoms. The molecule has 0 aliphatic carbocycles. The minimum atomic E-state index is -0.252. The van der Waals surface area contributed by atoms with Gasteiger partial charge in [0.05, 0.1) is 0 Å². The van der Waals surface area contributed by atoms with Crippen molar-refractivity contribution in [2.24, 2.45) is 0 Å². The third kappa shape index (κ3) is 4.18. The molecule has 3 saturated heterocycles. The number of hydrogen-bond donors (Lipinski definition) is 0. The highest BCUT2D eigenvalue weighted by Crippen LogP contribution is 2.48. The predicted octanol–water partition coefficient (Wildman–Crippen LogP) is -0.0445. The van der Waals surface area contributed by atoms with Crippen molar-refractivity contribution in [3.8, 4) is 0 Å². The first-order valence-electron chi connectivity index (χ1n) is 8.74. The molecule has 3 rings (SSSR count). The summed E-state index contributed by atoms with van der Waals surface area (Å²) in [7, 11) is 6.51. The summed E-state index contributed by atoms with van der Waals surface area (Å²) < 4.78 is 8.39. The van der Waals surface area contributed by atoms with Crippen molar-refractivity contribution in [1.82, 2.24) is 28.7 Å². The van der Waals surface area contributed by atoms with Crippen molar-refractivity contribution >= 4 is 8.37 Å². The van der Waals surface area contributed by atoms with Crippen LogP contribution in [0.25, 0.3) is 0 Å². The maximum atomic E-state index is 2.80. The fourth-order valence-corrected chi connectivity index (χ4v) is 6.14. The van der Waals surface area contributed by atoms with E-state index >= 15 is 0 Å². The van der Waals surface area contributed by atoms with Crippen molar-refractivity contribution in [2.45, 2.75) is 0 Å². The van der Waals surface area contributed by atoms with Crippen LogP contribution in [0.5, 0.6) is 0 Å².